The first-order valence-electron chi connectivity index (χ1n) is 7.47. The first-order valence-corrected chi connectivity index (χ1v) is 7.47. The molecule has 1 aromatic carbocycles. The third kappa shape index (κ3) is 5.33. The van der Waals surface area contributed by atoms with Gasteiger partial charge in [0.05, 0.1) is 0 Å². The second kappa shape index (κ2) is 8.05. The zero-order valence-corrected chi connectivity index (χ0v) is 13.2. The number of hydrogen-bond donors (Lipinski definition) is 1. The van der Waals surface area contributed by atoms with Gasteiger partial charge in [-0.25, -0.2) is 0 Å². The summed E-state index contributed by atoms with van der Waals surface area (Å²) in [5.41, 5.74) is 8.08. The van der Waals surface area contributed by atoms with Crippen molar-refractivity contribution in [3.63, 3.8) is 0 Å². The van der Waals surface area contributed by atoms with Crippen molar-refractivity contribution < 1.29 is 4.79 Å². The molecule has 0 aliphatic heterocycles. The first-order chi connectivity index (χ1) is 9.43. The zero-order valence-electron chi connectivity index (χ0n) is 13.2. The molecule has 0 aliphatic carbocycles. The van der Waals surface area contributed by atoms with Crippen LogP contribution in [0.1, 0.15) is 50.7 Å². The van der Waals surface area contributed by atoms with Crippen LogP contribution in [-0.4, -0.2) is 24.4 Å². The van der Waals surface area contributed by atoms with Crippen LogP contribution in [0, 0.1) is 5.92 Å². The molecule has 3 nitrogen and oxygen atoms in total. The molecule has 1 rings (SSSR count). The van der Waals surface area contributed by atoms with Gasteiger partial charge in [0.25, 0.3) is 0 Å². The van der Waals surface area contributed by atoms with Crippen LogP contribution in [0.5, 0.6) is 0 Å². The highest BCUT2D eigenvalue weighted by Crippen LogP contribution is 2.16. The number of benzene rings is 1. The number of nitrogens with two attached hydrogens (primary N) is 1. The Morgan fingerprint density at radius 2 is 1.80 bits per heavy atom. The monoisotopic (exact) mass is 276 g/mol. The zero-order chi connectivity index (χ0) is 15.1. The van der Waals surface area contributed by atoms with Crippen molar-refractivity contribution in [1.82, 2.24) is 4.90 Å². The summed E-state index contributed by atoms with van der Waals surface area (Å²) in [4.78, 5) is 13.8. The van der Waals surface area contributed by atoms with E-state index >= 15 is 0 Å². The van der Waals surface area contributed by atoms with Crippen LogP contribution >= 0.6 is 0 Å². The highest BCUT2D eigenvalue weighted by molar-refractivity contribution is 5.75. The molecule has 0 saturated carbocycles. The van der Waals surface area contributed by atoms with Gasteiger partial charge in [-0.3, -0.25) is 4.79 Å². The Bertz CT molecular complexity index is 412. The number of carbonyl (C=O) groups excluding carboxylic acids is 1. The number of amides is 1. The molecule has 0 aliphatic rings. The van der Waals surface area contributed by atoms with Gasteiger partial charge in [0, 0.05) is 20.0 Å². The minimum absolute atomic E-state index is 0.193. The van der Waals surface area contributed by atoms with E-state index in [9.17, 15) is 4.79 Å². The number of rotatable bonds is 7. The molecule has 0 spiro atoms. The molecule has 1 unspecified atom stereocenters. The van der Waals surface area contributed by atoms with E-state index in [-0.39, 0.29) is 5.91 Å². The van der Waals surface area contributed by atoms with Crippen molar-refractivity contribution >= 4 is 5.91 Å². The molecule has 0 radical (unpaired) electrons. The van der Waals surface area contributed by atoms with Crippen LogP contribution in [0.3, 0.4) is 0 Å². The van der Waals surface area contributed by atoms with E-state index in [0.29, 0.717) is 31.3 Å². The van der Waals surface area contributed by atoms with Crippen LogP contribution in [0.25, 0.3) is 0 Å². The normalized spacial score (nSPS) is 12.5. The van der Waals surface area contributed by atoms with Gasteiger partial charge in [-0.2, -0.15) is 0 Å². The third-order valence-electron chi connectivity index (χ3n) is 3.75. The summed E-state index contributed by atoms with van der Waals surface area (Å²) >= 11 is 0. The standard InChI is InChI=1S/C17H28N2O/c1-13(2)16-8-6-15(7-9-16)12-19(4)17(20)10-5-14(3)11-18/h6-9,13-14H,5,10-12,18H2,1-4H3. The quantitative estimate of drug-likeness (QED) is 0.831. The number of nitrogens with zero attached hydrogens (tertiary/aromatic N) is 1. The summed E-state index contributed by atoms with van der Waals surface area (Å²) in [5.74, 6) is 1.15. The van der Waals surface area contributed by atoms with Gasteiger partial charge in [-0.15, -0.1) is 0 Å². The highest BCUT2D eigenvalue weighted by atomic mass is 16.2. The minimum Gasteiger partial charge on any atom is -0.341 e. The van der Waals surface area contributed by atoms with Crippen LogP contribution in [0.2, 0.25) is 0 Å². The molecule has 2 N–H and O–H groups in total. The van der Waals surface area contributed by atoms with Gasteiger partial charge >= 0.3 is 0 Å². The Balaban J connectivity index is 2.48. The predicted octanol–water partition coefficient (Wildman–Crippen LogP) is 3.14. The maximum absolute atomic E-state index is 12.0. The average molecular weight is 276 g/mol. The Morgan fingerprint density at radius 1 is 1.20 bits per heavy atom. The maximum atomic E-state index is 12.0. The van der Waals surface area contributed by atoms with E-state index < -0.39 is 0 Å². The fraction of sp³-hybridized carbons (Fsp3) is 0.588. The van der Waals surface area contributed by atoms with Gasteiger partial charge in [0.15, 0.2) is 0 Å². The lowest BCUT2D eigenvalue weighted by Crippen LogP contribution is -2.26. The Kier molecular flexibility index (Phi) is 6.73. The van der Waals surface area contributed by atoms with Crippen molar-refractivity contribution in [2.45, 2.75) is 46.1 Å². The smallest absolute Gasteiger partial charge is 0.222 e. The molecule has 0 saturated heterocycles. The van der Waals surface area contributed by atoms with Crippen molar-refractivity contribution in [2.75, 3.05) is 13.6 Å². The molecule has 1 aromatic rings. The number of carbonyl (C=O) groups is 1. The van der Waals surface area contributed by atoms with Gasteiger partial charge in [0.1, 0.15) is 0 Å². The summed E-state index contributed by atoms with van der Waals surface area (Å²) < 4.78 is 0. The van der Waals surface area contributed by atoms with Crippen molar-refractivity contribution in [2.24, 2.45) is 11.7 Å². The summed E-state index contributed by atoms with van der Waals surface area (Å²) in [7, 11) is 1.87. The van der Waals surface area contributed by atoms with Crippen LogP contribution in [-0.2, 0) is 11.3 Å². The molecular formula is C17H28N2O. The summed E-state index contributed by atoms with van der Waals surface area (Å²) in [6, 6.07) is 8.52. The first kappa shape index (κ1) is 16.7. The van der Waals surface area contributed by atoms with Gasteiger partial charge in [-0.05, 0) is 35.9 Å². The molecule has 0 aromatic heterocycles. The van der Waals surface area contributed by atoms with Crippen LogP contribution in [0.15, 0.2) is 24.3 Å². The lowest BCUT2D eigenvalue weighted by molar-refractivity contribution is -0.130. The second-order valence-electron chi connectivity index (χ2n) is 6.03. The molecule has 3 heteroatoms. The SMILES string of the molecule is CC(CN)CCC(=O)N(C)Cc1ccc(C(C)C)cc1. The van der Waals surface area contributed by atoms with Crippen LogP contribution in [0.4, 0.5) is 0 Å². The van der Waals surface area contributed by atoms with E-state index in [1.165, 1.54) is 11.1 Å². The lowest BCUT2D eigenvalue weighted by Gasteiger charge is -2.18. The number of hydrogen-bond acceptors (Lipinski definition) is 2. The summed E-state index contributed by atoms with van der Waals surface area (Å²) in [6.45, 7) is 7.77. The van der Waals surface area contributed by atoms with E-state index in [1.807, 2.05) is 7.05 Å². The Labute approximate surface area is 123 Å². The van der Waals surface area contributed by atoms with Gasteiger partial charge < -0.3 is 10.6 Å². The molecule has 1 amide bonds. The average Bonchev–Trinajstić information content (AvgIpc) is 2.44. The fourth-order valence-electron chi connectivity index (χ4n) is 2.05. The molecule has 0 bridgehead atoms. The summed E-state index contributed by atoms with van der Waals surface area (Å²) in [6.07, 6.45) is 1.45. The van der Waals surface area contributed by atoms with E-state index in [1.54, 1.807) is 4.90 Å². The van der Waals surface area contributed by atoms with E-state index in [0.717, 1.165) is 6.42 Å². The highest BCUT2D eigenvalue weighted by Gasteiger charge is 2.11. The molecule has 112 valence electrons. The molecule has 0 fully saturated rings. The predicted molar refractivity (Wildman–Crippen MR) is 84.5 cm³/mol. The largest absolute Gasteiger partial charge is 0.341 e. The molecule has 20 heavy (non-hydrogen) atoms. The fourth-order valence-corrected chi connectivity index (χ4v) is 2.05. The van der Waals surface area contributed by atoms with E-state index in [4.69, 9.17) is 5.73 Å². The molecule has 0 heterocycles. The third-order valence-corrected chi connectivity index (χ3v) is 3.75. The van der Waals surface area contributed by atoms with Gasteiger partial charge in [-0.1, -0.05) is 45.0 Å². The Hall–Kier alpha value is -1.35. The molecular weight excluding hydrogens is 248 g/mol. The Morgan fingerprint density at radius 3 is 2.30 bits per heavy atom. The second-order valence-corrected chi connectivity index (χ2v) is 6.03. The van der Waals surface area contributed by atoms with Crippen molar-refractivity contribution in [3.05, 3.63) is 35.4 Å². The topological polar surface area (TPSA) is 46.3 Å². The van der Waals surface area contributed by atoms with Crippen molar-refractivity contribution in [1.29, 1.82) is 0 Å². The maximum Gasteiger partial charge on any atom is 0.222 e. The van der Waals surface area contributed by atoms with Crippen molar-refractivity contribution in [3.8, 4) is 0 Å². The van der Waals surface area contributed by atoms with E-state index in [2.05, 4.69) is 45.0 Å². The lowest BCUT2D eigenvalue weighted by atomic mass is 10.0. The summed E-state index contributed by atoms with van der Waals surface area (Å²) in [5, 5.41) is 0. The van der Waals surface area contributed by atoms with Gasteiger partial charge in [0.2, 0.25) is 5.91 Å². The molecule has 1 atom stereocenters. The minimum atomic E-state index is 0.193. The van der Waals surface area contributed by atoms with Crippen LogP contribution < -0.4 is 5.73 Å².